The highest BCUT2D eigenvalue weighted by Crippen LogP contribution is 2.33. The third-order valence-corrected chi connectivity index (χ3v) is 2.42. The summed E-state index contributed by atoms with van der Waals surface area (Å²) < 4.78 is 10.7. The zero-order valence-corrected chi connectivity index (χ0v) is 8.17. The summed E-state index contributed by atoms with van der Waals surface area (Å²) in [6.07, 6.45) is 0. The minimum absolute atomic E-state index is 0.429. The first kappa shape index (κ1) is 9.21. The van der Waals surface area contributed by atoms with E-state index in [1.54, 1.807) is 18.2 Å². The van der Waals surface area contributed by atoms with E-state index in [0.717, 1.165) is 16.7 Å². The van der Waals surface area contributed by atoms with Crippen LogP contribution in [-0.2, 0) is 0 Å². The fourth-order valence-corrected chi connectivity index (χ4v) is 1.74. The van der Waals surface area contributed by atoms with Crippen molar-refractivity contribution in [3.8, 4) is 11.5 Å². The second-order valence-electron chi connectivity index (χ2n) is 2.73. The number of rotatable bonds is 1. The Labute approximate surface area is 85.4 Å². The minimum atomic E-state index is -0.429. The van der Waals surface area contributed by atoms with E-state index < -0.39 is 5.24 Å². The van der Waals surface area contributed by atoms with Gasteiger partial charge in [0, 0.05) is 4.90 Å². The van der Waals surface area contributed by atoms with Crippen molar-refractivity contribution in [1.82, 2.24) is 0 Å². The maximum Gasteiger partial charge on any atom is 0.281 e. The molecular formula is C9H9NO3S. The quantitative estimate of drug-likeness (QED) is 0.717. The molecule has 14 heavy (non-hydrogen) atoms. The summed E-state index contributed by atoms with van der Waals surface area (Å²) in [5, 5.41) is -0.429. The van der Waals surface area contributed by atoms with Crippen LogP contribution in [0, 0.1) is 0 Å². The number of benzene rings is 1. The van der Waals surface area contributed by atoms with Crippen molar-refractivity contribution in [1.29, 1.82) is 0 Å². The molecule has 74 valence electrons. The highest BCUT2D eigenvalue weighted by molar-refractivity contribution is 8.13. The lowest BCUT2D eigenvalue weighted by molar-refractivity contribution is 0.171. The van der Waals surface area contributed by atoms with Gasteiger partial charge in [0.2, 0.25) is 0 Å². The largest absolute Gasteiger partial charge is 0.486 e. The standard InChI is InChI=1S/C9H9NO3S/c10-9(11)14-6-1-2-7-8(5-6)13-4-3-12-7/h1-2,5H,3-4H2,(H2,10,11). The molecule has 0 bridgehead atoms. The van der Waals surface area contributed by atoms with Gasteiger partial charge in [-0.2, -0.15) is 0 Å². The van der Waals surface area contributed by atoms with E-state index in [-0.39, 0.29) is 0 Å². The van der Waals surface area contributed by atoms with Crippen LogP contribution in [0.4, 0.5) is 4.79 Å². The Morgan fingerprint density at radius 2 is 2.00 bits per heavy atom. The molecule has 1 aliphatic heterocycles. The van der Waals surface area contributed by atoms with Crippen LogP contribution < -0.4 is 15.2 Å². The van der Waals surface area contributed by atoms with Gasteiger partial charge in [-0.3, -0.25) is 4.79 Å². The number of ether oxygens (including phenoxy) is 2. The molecule has 0 atom stereocenters. The van der Waals surface area contributed by atoms with E-state index in [2.05, 4.69) is 0 Å². The molecule has 0 radical (unpaired) electrons. The van der Waals surface area contributed by atoms with E-state index in [0.29, 0.717) is 24.7 Å². The summed E-state index contributed by atoms with van der Waals surface area (Å²) in [5.74, 6) is 1.38. The van der Waals surface area contributed by atoms with E-state index in [1.807, 2.05) is 0 Å². The van der Waals surface area contributed by atoms with Crippen molar-refractivity contribution in [2.24, 2.45) is 5.73 Å². The molecule has 4 nitrogen and oxygen atoms in total. The smallest absolute Gasteiger partial charge is 0.281 e. The molecule has 2 N–H and O–H groups in total. The fraction of sp³-hybridized carbons (Fsp3) is 0.222. The Hall–Kier alpha value is -1.36. The van der Waals surface area contributed by atoms with Gasteiger partial charge in [0.1, 0.15) is 13.2 Å². The molecule has 1 amide bonds. The molecule has 1 heterocycles. The molecule has 0 aliphatic carbocycles. The van der Waals surface area contributed by atoms with Crippen LogP contribution in [0.15, 0.2) is 23.1 Å². The van der Waals surface area contributed by atoms with Crippen LogP contribution in [0.3, 0.4) is 0 Å². The third-order valence-electron chi connectivity index (χ3n) is 1.73. The highest BCUT2D eigenvalue weighted by atomic mass is 32.2. The van der Waals surface area contributed by atoms with E-state index in [9.17, 15) is 4.79 Å². The van der Waals surface area contributed by atoms with Gasteiger partial charge < -0.3 is 15.2 Å². The number of nitrogens with two attached hydrogens (primary N) is 1. The topological polar surface area (TPSA) is 61.6 Å². The molecule has 0 fully saturated rings. The predicted molar refractivity (Wildman–Crippen MR) is 52.9 cm³/mol. The molecule has 0 saturated heterocycles. The van der Waals surface area contributed by atoms with Crippen molar-refractivity contribution in [3.63, 3.8) is 0 Å². The first-order chi connectivity index (χ1) is 6.75. The highest BCUT2D eigenvalue weighted by Gasteiger charge is 2.12. The molecule has 1 aromatic rings. The molecule has 0 unspecified atom stereocenters. The Kier molecular flexibility index (Phi) is 2.49. The predicted octanol–water partition coefficient (Wildman–Crippen LogP) is 1.63. The molecule has 0 saturated carbocycles. The van der Waals surface area contributed by atoms with Gasteiger partial charge in [-0.05, 0) is 30.0 Å². The van der Waals surface area contributed by atoms with Gasteiger partial charge >= 0.3 is 0 Å². The molecule has 1 aliphatic rings. The molecule has 2 rings (SSSR count). The average Bonchev–Trinajstić information content (AvgIpc) is 2.17. The maximum absolute atomic E-state index is 10.6. The Balaban J connectivity index is 2.24. The number of carbonyl (C=O) groups excluding carboxylic acids is 1. The first-order valence-corrected chi connectivity index (χ1v) is 4.94. The van der Waals surface area contributed by atoms with E-state index in [4.69, 9.17) is 15.2 Å². The van der Waals surface area contributed by atoms with Crippen LogP contribution >= 0.6 is 11.8 Å². The van der Waals surface area contributed by atoms with Crippen LogP contribution in [0.1, 0.15) is 0 Å². The number of hydrogen-bond acceptors (Lipinski definition) is 4. The zero-order valence-electron chi connectivity index (χ0n) is 7.36. The monoisotopic (exact) mass is 211 g/mol. The SMILES string of the molecule is NC(=O)Sc1ccc2c(c1)OCCO2. The minimum Gasteiger partial charge on any atom is -0.486 e. The van der Waals surface area contributed by atoms with Gasteiger partial charge in [0.15, 0.2) is 11.5 Å². The number of primary amides is 1. The molecule has 5 heteroatoms. The van der Waals surface area contributed by atoms with Gasteiger partial charge in [-0.15, -0.1) is 0 Å². The van der Waals surface area contributed by atoms with Crippen molar-refractivity contribution in [3.05, 3.63) is 18.2 Å². The van der Waals surface area contributed by atoms with Crippen LogP contribution in [0.2, 0.25) is 0 Å². The average molecular weight is 211 g/mol. The third kappa shape index (κ3) is 1.93. The van der Waals surface area contributed by atoms with Crippen LogP contribution in [-0.4, -0.2) is 18.5 Å². The van der Waals surface area contributed by atoms with Crippen LogP contribution in [0.25, 0.3) is 0 Å². The second-order valence-corrected chi connectivity index (χ2v) is 3.80. The summed E-state index contributed by atoms with van der Waals surface area (Å²) in [6, 6.07) is 5.31. The number of fused-ring (bicyclic) bond motifs is 1. The molecular weight excluding hydrogens is 202 g/mol. The van der Waals surface area contributed by atoms with E-state index in [1.165, 1.54) is 0 Å². The summed E-state index contributed by atoms with van der Waals surface area (Å²) in [5.41, 5.74) is 5.05. The number of amides is 1. The van der Waals surface area contributed by atoms with E-state index >= 15 is 0 Å². The number of carbonyl (C=O) groups is 1. The summed E-state index contributed by atoms with van der Waals surface area (Å²) in [4.78, 5) is 11.4. The van der Waals surface area contributed by atoms with Gasteiger partial charge in [-0.25, -0.2) is 0 Å². The zero-order chi connectivity index (χ0) is 9.97. The van der Waals surface area contributed by atoms with Gasteiger partial charge in [0.05, 0.1) is 0 Å². The lowest BCUT2D eigenvalue weighted by Crippen LogP contribution is -2.15. The van der Waals surface area contributed by atoms with Gasteiger partial charge in [-0.1, -0.05) is 0 Å². The van der Waals surface area contributed by atoms with Crippen molar-refractivity contribution in [2.75, 3.05) is 13.2 Å². The number of thioether (sulfide) groups is 1. The molecule has 0 spiro atoms. The summed E-state index contributed by atoms with van der Waals surface area (Å²) in [6.45, 7) is 1.10. The normalized spacial score (nSPS) is 13.7. The first-order valence-electron chi connectivity index (χ1n) is 4.12. The van der Waals surface area contributed by atoms with Crippen LogP contribution in [0.5, 0.6) is 11.5 Å². The summed E-state index contributed by atoms with van der Waals surface area (Å²) in [7, 11) is 0. The lowest BCUT2D eigenvalue weighted by Gasteiger charge is -2.18. The maximum atomic E-state index is 10.6. The molecule has 0 aromatic heterocycles. The van der Waals surface area contributed by atoms with Gasteiger partial charge in [0.25, 0.3) is 5.24 Å². The van der Waals surface area contributed by atoms with Crippen molar-refractivity contribution < 1.29 is 14.3 Å². The van der Waals surface area contributed by atoms with Crippen molar-refractivity contribution in [2.45, 2.75) is 4.90 Å². The second kappa shape index (κ2) is 3.79. The molecule has 1 aromatic carbocycles. The summed E-state index contributed by atoms with van der Waals surface area (Å²) >= 11 is 0.975. The lowest BCUT2D eigenvalue weighted by atomic mass is 10.3. The fourth-order valence-electron chi connectivity index (χ4n) is 1.20. The Bertz CT molecular complexity index is 367. The Morgan fingerprint density at radius 3 is 2.71 bits per heavy atom. The Morgan fingerprint density at radius 1 is 1.29 bits per heavy atom. The van der Waals surface area contributed by atoms with Crippen molar-refractivity contribution >= 4 is 17.0 Å². The number of hydrogen-bond donors (Lipinski definition) is 1.